The number of nitrogens with one attached hydrogen (secondary N) is 1. The van der Waals surface area contributed by atoms with Gasteiger partial charge in [-0.3, -0.25) is 4.79 Å². The van der Waals surface area contributed by atoms with Gasteiger partial charge < -0.3 is 15.8 Å². The van der Waals surface area contributed by atoms with Crippen LogP contribution in [0.2, 0.25) is 0 Å². The summed E-state index contributed by atoms with van der Waals surface area (Å²) in [5.41, 5.74) is 4.57. The quantitative estimate of drug-likeness (QED) is 0.607. The van der Waals surface area contributed by atoms with Gasteiger partial charge in [0.05, 0.1) is 6.61 Å². The number of methoxy groups -OCH3 is 1. The first-order valence-corrected chi connectivity index (χ1v) is 4.62. The molecule has 0 aliphatic heterocycles. The Balaban J connectivity index is 2.38. The van der Waals surface area contributed by atoms with Crippen LogP contribution in [0.4, 0.5) is 0 Å². The molecule has 13 heavy (non-hydrogen) atoms. The molecule has 1 atom stereocenters. The Morgan fingerprint density at radius 2 is 2.31 bits per heavy atom. The molecule has 0 bridgehead atoms. The van der Waals surface area contributed by atoms with Gasteiger partial charge in [-0.05, 0) is 32.2 Å². The highest BCUT2D eigenvalue weighted by Crippen LogP contribution is 2.28. The average molecular weight is 186 g/mol. The van der Waals surface area contributed by atoms with E-state index in [2.05, 4.69) is 5.32 Å². The van der Waals surface area contributed by atoms with Gasteiger partial charge in [-0.15, -0.1) is 0 Å². The third-order valence-electron chi connectivity index (χ3n) is 2.45. The van der Waals surface area contributed by atoms with Gasteiger partial charge in [-0.25, -0.2) is 0 Å². The van der Waals surface area contributed by atoms with E-state index in [1.54, 1.807) is 14.0 Å². The van der Waals surface area contributed by atoms with E-state index in [0.29, 0.717) is 6.61 Å². The summed E-state index contributed by atoms with van der Waals surface area (Å²) in [5.74, 6) is 0.380. The zero-order valence-corrected chi connectivity index (χ0v) is 8.30. The largest absolute Gasteiger partial charge is 0.382 e. The second-order valence-electron chi connectivity index (χ2n) is 3.95. The number of amides is 1. The molecule has 1 fully saturated rings. The van der Waals surface area contributed by atoms with Crippen molar-refractivity contribution in [3.05, 3.63) is 0 Å². The number of ether oxygens (including phenoxy) is 1. The van der Waals surface area contributed by atoms with E-state index in [9.17, 15) is 4.79 Å². The fourth-order valence-electron chi connectivity index (χ4n) is 1.19. The summed E-state index contributed by atoms with van der Waals surface area (Å²) in [6.45, 7) is 2.97. The lowest BCUT2D eigenvalue weighted by atomic mass is 10.0. The summed E-state index contributed by atoms with van der Waals surface area (Å²) in [7, 11) is 1.57. The average Bonchev–Trinajstić information content (AvgIpc) is 2.84. The maximum absolute atomic E-state index is 11.1. The van der Waals surface area contributed by atoms with Gasteiger partial charge in [0.15, 0.2) is 0 Å². The lowest BCUT2D eigenvalue weighted by Gasteiger charge is -2.26. The van der Waals surface area contributed by atoms with Gasteiger partial charge in [0.25, 0.3) is 0 Å². The molecule has 0 aromatic heterocycles. The van der Waals surface area contributed by atoms with Crippen LogP contribution in [0.5, 0.6) is 0 Å². The van der Waals surface area contributed by atoms with E-state index < -0.39 is 5.54 Å². The minimum absolute atomic E-state index is 0.328. The third kappa shape index (κ3) is 2.97. The Labute approximate surface area is 78.8 Å². The number of carbonyl (C=O) groups is 1. The molecule has 4 nitrogen and oxygen atoms in total. The highest BCUT2D eigenvalue weighted by Gasteiger charge is 2.33. The van der Waals surface area contributed by atoms with Crippen molar-refractivity contribution in [3.63, 3.8) is 0 Å². The van der Waals surface area contributed by atoms with E-state index >= 15 is 0 Å². The number of primary amides is 1. The Morgan fingerprint density at radius 1 is 1.69 bits per heavy atom. The third-order valence-corrected chi connectivity index (χ3v) is 2.45. The summed E-state index contributed by atoms with van der Waals surface area (Å²) in [6.07, 6.45) is 2.52. The summed E-state index contributed by atoms with van der Waals surface area (Å²) in [6, 6.07) is 0. The highest BCUT2D eigenvalue weighted by atomic mass is 16.5. The molecule has 0 aromatic rings. The van der Waals surface area contributed by atoms with Gasteiger partial charge in [-0.1, -0.05) is 0 Å². The van der Waals surface area contributed by atoms with E-state index in [1.807, 2.05) is 0 Å². The molecule has 1 rings (SSSR count). The zero-order chi connectivity index (χ0) is 9.90. The molecule has 0 radical (unpaired) electrons. The number of hydrogen-bond donors (Lipinski definition) is 2. The van der Waals surface area contributed by atoms with Crippen molar-refractivity contribution < 1.29 is 9.53 Å². The maximum Gasteiger partial charge on any atom is 0.239 e. The Bertz CT molecular complexity index is 192. The first-order chi connectivity index (χ1) is 6.08. The molecule has 76 valence electrons. The van der Waals surface area contributed by atoms with Crippen molar-refractivity contribution in [2.24, 2.45) is 11.7 Å². The van der Waals surface area contributed by atoms with Crippen molar-refractivity contribution in [1.82, 2.24) is 5.32 Å². The van der Waals surface area contributed by atoms with Gasteiger partial charge >= 0.3 is 0 Å². The van der Waals surface area contributed by atoms with E-state index in [1.165, 1.54) is 12.8 Å². The molecular formula is C9H18N2O2. The van der Waals surface area contributed by atoms with Crippen molar-refractivity contribution in [1.29, 1.82) is 0 Å². The topological polar surface area (TPSA) is 64.3 Å². The molecule has 4 heteroatoms. The van der Waals surface area contributed by atoms with Crippen LogP contribution in [0, 0.1) is 5.92 Å². The Hall–Kier alpha value is -0.610. The Morgan fingerprint density at radius 3 is 2.69 bits per heavy atom. The van der Waals surface area contributed by atoms with Crippen molar-refractivity contribution in [2.75, 3.05) is 20.3 Å². The van der Waals surface area contributed by atoms with E-state index in [4.69, 9.17) is 10.5 Å². The lowest BCUT2D eigenvalue weighted by Crippen LogP contribution is -2.56. The predicted octanol–water partition coefficient (Wildman–Crippen LogP) is -0.124. The summed E-state index contributed by atoms with van der Waals surface area (Å²) < 4.78 is 4.96. The molecule has 0 spiro atoms. The molecule has 0 aromatic carbocycles. The second kappa shape index (κ2) is 4.07. The van der Waals surface area contributed by atoms with Crippen LogP contribution < -0.4 is 11.1 Å². The molecule has 0 heterocycles. The van der Waals surface area contributed by atoms with Crippen LogP contribution in [0.15, 0.2) is 0 Å². The predicted molar refractivity (Wildman–Crippen MR) is 50.2 cm³/mol. The van der Waals surface area contributed by atoms with Crippen LogP contribution in [-0.4, -0.2) is 31.7 Å². The molecule has 0 saturated heterocycles. The molecule has 1 unspecified atom stereocenters. The second-order valence-corrected chi connectivity index (χ2v) is 3.95. The van der Waals surface area contributed by atoms with Gasteiger partial charge in [0.2, 0.25) is 5.91 Å². The number of nitrogens with two attached hydrogens (primary N) is 1. The molecule has 1 aliphatic carbocycles. The van der Waals surface area contributed by atoms with Crippen LogP contribution in [0.3, 0.4) is 0 Å². The molecule has 1 aliphatic rings. The highest BCUT2D eigenvalue weighted by molar-refractivity contribution is 5.84. The maximum atomic E-state index is 11.1. The van der Waals surface area contributed by atoms with Crippen LogP contribution in [0.1, 0.15) is 19.8 Å². The standard InChI is InChI=1S/C9H18N2O2/c1-9(6-13-2,8(10)12)11-5-7-3-4-7/h7,11H,3-6H2,1-2H3,(H2,10,12). The lowest BCUT2D eigenvalue weighted by molar-refractivity contribution is -0.125. The first kappa shape index (κ1) is 10.5. The van der Waals surface area contributed by atoms with Crippen LogP contribution in [0.25, 0.3) is 0 Å². The van der Waals surface area contributed by atoms with Gasteiger partial charge in [-0.2, -0.15) is 0 Å². The van der Waals surface area contributed by atoms with Gasteiger partial charge in [0.1, 0.15) is 5.54 Å². The summed E-state index contributed by atoms with van der Waals surface area (Å²) in [5, 5.41) is 3.16. The van der Waals surface area contributed by atoms with Crippen LogP contribution in [-0.2, 0) is 9.53 Å². The summed E-state index contributed by atoms with van der Waals surface area (Å²) in [4.78, 5) is 11.1. The fourth-order valence-corrected chi connectivity index (χ4v) is 1.19. The summed E-state index contributed by atoms with van der Waals surface area (Å²) >= 11 is 0. The first-order valence-electron chi connectivity index (χ1n) is 4.62. The monoisotopic (exact) mass is 186 g/mol. The van der Waals surface area contributed by atoms with Gasteiger partial charge in [0, 0.05) is 7.11 Å². The Kier molecular flexibility index (Phi) is 3.27. The molecule has 3 N–H and O–H groups in total. The number of carbonyl (C=O) groups excluding carboxylic acids is 1. The van der Waals surface area contributed by atoms with E-state index in [-0.39, 0.29) is 5.91 Å². The minimum Gasteiger partial charge on any atom is -0.382 e. The number of hydrogen-bond acceptors (Lipinski definition) is 3. The van der Waals surface area contributed by atoms with Crippen molar-refractivity contribution in [3.8, 4) is 0 Å². The van der Waals surface area contributed by atoms with Crippen molar-refractivity contribution >= 4 is 5.91 Å². The van der Waals surface area contributed by atoms with Crippen LogP contribution >= 0.6 is 0 Å². The zero-order valence-electron chi connectivity index (χ0n) is 8.30. The molecular weight excluding hydrogens is 168 g/mol. The smallest absolute Gasteiger partial charge is 0.239 e. The molecule has 1 amide bonds. The number of rotatable bonds is 6. The van der Waals surface area contributed by atoms with E-state index in [0.717, 1.165) is 12.5 Å². The van der Waals surface area contributed by atoms with Crippen molar-refractivity contribution in [2.45, 2.75) is 25.3 Å². The fraction of sp³-hybridized carbons (Fsp3) is 0.889. The normalized spacial score (nSPS) is 21.1. The minimum atomic E-state index is -0.711. The SMILES string of the molecule is COCC(C)(NCC1CC1)C(N)=O. The molecule has 1 saturated carbocycles.